The highest BCUT2D eigenvalue weighted by atomic mass is 19.4. The molecule has 0 bridgehead atoms. The second-order valence-electron chi connectivity index (χ2n) is 6.09. The molecule has 0 aliphatic rings. The van der Waals surface area contributed by atoms with Crippen molar-refractivity contribution in [1.29, 1.82) is 0 Å². The molecule has 0 atom stereocenters. The van der Waals surface area contributed by atoms with Crippen LogP contribution in [0.2, 0.25) is 0 Å². The van der Waals surface area contributed by atoms with Crippen LogP contribution in [0.1, 0.15) is 0 Å². The molecule has 0 fully saturated rings. The summed E-state index contributed by atoms with van der Waals surface area (Å²) in [7, 11) is 0. The number of rotatable bonds is 4. The highest BCUT2D eigenvalue weighted by Gasteiger charge is 2.29. The van der Waals surface area contributed by atoms with Crippen LogP contribution in [-0.2, 0) is 0 Å². The zero-order valence-corrected chi connectivity index (χ0v) is 14.7. The van der Waals surface area contributed by atoms with Gasteiger partial charge in [-0.3, -0.25) is 5.32 Å². The van der Waals surface area contributed by atoms with Crippen molar-refractivity contribution in [3.05, 3.63) is 60.7 Å². The number of carbonyl (C=O) groups excluding carboxylic acids is 1. The maximum atomic E-state index is 12.5. The summed E-state index contributed by atoms with van der Waals surface area (Å²) in [4.78, 5) is 12.3. The Bertz CT molecular complexity index is 1190. The topological polar surface area (TPSA) is 73.6 Å². The van der Waals surface area contributed by atoms with Crippen LogP contribution in [0.15, 0.2) is 65.2 Å². The van der Waals surface area contributed by atoms with Crippen molar-refractivity contribution in [3.8, 4) is 11.5 Å². The van der Waals surface area contributed by atoms with Crippen LogP contribution >= 0.6 is 0 Å². The number of hydrogen-bond acceptors (Lipinski definition) is 5. The average Bonchev–Trinajstić information content (AvgIpc) is 3.09. The summed E-state index contributed by atoms with van der Waals surface area (Å²) in [5.74, 6) is 0.0631. The van der Waals surface area contributed by atoms with Crippen LogP contribution < -0.4 is 14.8 Å². The molecule has 0 unspecified atom stereocenters. The van der Waals surface area contributed by atoms with Gasteiger partial charge in [-0.15, -0.1) is 0 Å². The molecule has 1 aromatic heterocycles. The van der Waals surface area contributed by atoms with E-state index in [-0.39, 0.29) is 22.5 Å². The molecule has 4 rings (SSSR count). The number of nitrogens with zero attached hydrogens (tertiary/aromatic N) is 1. The van der Waals surface area contributed by atoms with E-state index in [1.54, 1.807) is 18.2 Å². The van der Waals surface area contributed by atoms with Gasteiger partial charge in [0.25, 0.3) is 0 Å². The molecule has 1 heterocycles. The Morgan fingerprint density at radius 1 is 1.03 bits per heavy atom. The van der Waals surface area contributed by atoms with E-state index >= 15 is 0 Å². The fraction of sp³-hybridized carbons (Fsp3) is 0.100. The van der Waals surface area contributed by atoms with Crippen molar-refractivity contribution in [2.24, 2.45) is 0 Å². The molecule has 0 radical (unpaired) electrons. The lowest BCUT2D eigenvalue weighted by Crippen LogP contribution is -2.19. The molecular weight excluding hydrogens is 389 g/mol. The van der Waals surface area contributed by atoms with Crippen LogP contribution in [0.4, 0.5) is 23.8 Å². The Balaban J connectivity index is 1.54. The number of ether oxygens (including phenoxy) is 2. The molecule has 0 aliphatic heterocycles. The third kappa shape index (κ3) is 4.23. The molecule has 148 valence electrons. The fourth-order valence-electron chi connectivity index (χ4n) is 2.79. The third-order valence-electron chi connectivity index (χ3n) is 4.00. The van der Waals surface area contributed by atoms with Gasteiger partial charge in [0.1, 0.15) is 16.9 Å². The van der Waals surface area contributed by atoms with Gasteiger partial charge in [-0.2, -0.15) is 13.2 Å². The summed E-state index contributed by atoms with van der Waals surface area (Å²) < 4.78 is 52.5. The minimum Gasteiger partial charge on any atom is -0.483 e. The molecule has 6 nitrogen and oxygen atoms in total. The Labute approximate surface area is 161 Å². The largest absolute Gasteiger partial charge is 0.483 e. The monoisotopic (exact) mass is 402 g/mol. The first-order valence-corrected chi connectivity index (χ1v) is 8.45. The number of alkyl halides is 3. The molecular formula is C20H13F3N2O4. The predicted molar refractivity (Wildman–Crippen MR) is 99.2 cm³/mol. The smallest absolute Gasteiger partial charge is 0.422 e. The Morgan fingerprint density at radius 3 is 2.62 bits per heavy atom. The fourth-order valence-corrected chi connectivity index (χ4v) is 2.79. The van der Waals surface area contributed by atoms with Crippen molar-refractivity contribution >= 4 is 33.7 Å². The maximum absolute atomic E-state index is 12.5. The van der Waals surface area contributed by atoms with Crippen LogP contribution in [0, 0.1) is 0 Å². The summed E-state index contributed by atoms with van der Waals surface area (Å²) in [6, 6.07) is 16.9. The number of nitrogens with one attached hydrogen (secondary N) is 1. The lowest BCUT2D eigenvalue weighted by Gasteiger charge is -2.10. The summed E-state index contributed by atoms with van der Waals surface area (Å²) in [6.45, 7) is -1.49. The van der Waals surface area contributed by atoms with Gasteiger partial charge >= 0.3 is 12.3 Å². The van der Waals surface area contributed by atoms with Gasteiger partial charge in [0.05, 0.1) is 0 Å². The second-order valence-corrected chi connectivity index (χ2v) is 6.09. The number of fused-ring (bicyclic) bond motifs is 2. The summed E-state index contributed by atoms with van der Waals surface area (Å²) in [5, 5.41) is 8.02. The predicted octanol–water partition coefficient (Wildman–Crippen LogP) is 5.53. The number of aromatic nitrogens is 1. The molecule has 4 aromatic rings. The lowest BCUT2D eigenvalue weighted by molar-refractivity contribution is -0.153. The van der Waals surface area contributed by atoms with Crippen molar-refractivity contribution in [3.63, 3.8) is 0 Å². The van der Waals surface area contributed by atoms with Crippen molar-refractivity contribution in [1.82, 2.24) is 5.16 Å². The van der Waals surface area contributed by atoms with E-state index in [9.17, 15) is 18.0 Å². The molecule has 1 N–H and O–H groups in total. The van der Waals surface area contributed by atoms with Gasteiger partial charge in [-0.1, -0.05) is 41.6 Å². The summed E-state index contributed by atoms with van der Waals surface area (Å²) in [5.41, 5.74) is 0.158. The summed E-state index contributed by atoms with van der Waals surface area (Å²) >= 11 is 0. The number of amides is 1. The van der Waals surface area contributed by atoms with E-state index in [2.05, 4.69) is 10.5 Å². The minimum atomic E-state index is -4.51. The molecule has 0 saturated heterocycles. The number of carbonyl (C=O) groups is 1. The quantitative estimate of drug-likeness (QED) is 0.486. The summed E-state index contributed by atoms with van der Waals surface area (Å²) in [6.07, 6.45) is -5.39. The van der Waals surface area contributed by atoms with E-state index in [0.29, 0.717) is 5.75 Å². The highest BCUT2D eigenvalue weighted by molar-refractivity contribution is 6.00. The lowest BCUT2D eigenvalue weighted by atomic mass is 10.1. The molecule has 29 heavy (non-hydrogen) atoms. The molecule has 1 amide bonds. The Hall–Kier alpha value is -3.75. The normalized spacial score (nSPS) is 11.6. The second kappa shape index (κ2) is 7.34. The van der Waals surface area contributed by atoms with Gasteiger partial charge in [0.2, 0.25) is 0 Å². The minimum absolute atomic E-state index is 0.104. The van der Waals surface area contributed by atoms with E-state index in [1.165, 1.54) is 18.2 Å². The van der Waals surface area contributed by atoms with Crippen LogP contribution in [0.25, 0.3) is 21.7 Å². The molecule has 0 aliphatic carbocycles. The van der Waals surface area contributed by atoms with Gasteiger partial charge in [-0.05, 0) is 35.0 Å². The van der Waals surface area contributed by atoms with Crippen LogP contribution in [0.3, 0.4) is 0 Å². The Kier molecular flexibility index (Phi) is 4.71. The number of halogens is 3. The van der Waals surface area contributed by atoms with E-state index in [4.69, 9.17) is 14.0 Å². The zero-order valence-electron chi connectivity index (χ0n) is 14.7. The number of benzene rings is 3. The number of anilines is 1. The first-order valence-electron chi connectivity index (χ1n) is 8.45. The third-order valence-corrected chi connectivity index (χ3v) is 4.00. The standard InChI is InChI=1S/C20H13F3N2O4/c21-20(22,23)11-27-15-6-3-7-16-17(15)18(25-29-16)24-19(26)28-14-9-8-12-4-1-2-5-13(12)10-14/h1-10H,11H2,(H,24,25,26). The molecule has 0 saturated carbocycles. The SMILES string of the molecule is O=C(Nc1noc2cccc(OCC(F)(F)F)c12)Oc1ccc2ccccc2c1. The van der Waals surface area contributed by atoms with E-state index < -0.39 is 18.9 Å². The van der Waals surface area contributed by atoms with E-state index in [1.807, 2.05) is 24.3 Å². The zero-order chi connectivity index (χ0) is 20.4. The van der Waals surface area contributed by atoms with Gasteiger partial charge in [-0.25, -0.2) is 4.79 Å². The number of hydrogen-bond donors (Lipinski definition) is 1. The first kappa shape index (κ1) is 18.6. The van der Waals surface area contributed by atoms with Gasteiger partial charge in [0.15, 0.2) is 18.0 Å². The maximum Gasteiger partial charge on any atom is 0.422 e. The van der Waals surface area contributed by atoms with Crippen molar-refractivity contribution < 1.29 is 32.0 Å². The van der Waals surface area contributed by atoms with Crippen molar-refractivity contribution in [2.75, 3.05) is 11.9 Å². The molecule has 3 aromatic carbocycles. The highest BCUT2D eigenvalue weighted by Crippen LogP contribution is 2.33. The van der Waals surface area contributed by atoms with Crippen LogP contribution in [0.5, 0.6) is 11.5 Å². The van der Waals surface area contributed by atoms with Crippen LogP contribution in [-0.4, -0.2) is 24.0 Å². The van der Waals surface area contributed by atoms with Gasteiger partial charge in [0, 0.05) is 0 Å². The first-order chi connectivity index (χ1) is 13.9. The van der Waals surface area contributed by atoms with Gasteiger partial charge < -0.3 is 14.0 Å². The Morgan fingerprint density at radius 2 is 1.83 bits per heavy atom. The van der Waals surface area contributed by atoms with E-state index in [0.717, 1.165) is 10.8 Å². The molecule has 0 spiro atoms. The van der Waals surface area contributed by atoms with Crippen molar-refractivity contribution in [2.45, 2.75) is 6.18 Å². The average molecular weight is 402 g/mol. The molecule has 9 heteroatoms.